The SMILES string of the molecule is CCNC(=NCC1(CC)CCCC1)NCC1CCN(Cc2nc(C)c(C)o2)CC1. The molecule has 2 aliphatic rings. The number of oxazole rings is 1. The van der Waals surface area contributed by atoms with Crippen molar-refractivity contribution in [3.63, 3.8) is 0 Å². The number of hydrogen-bond donors (Lipinski definition) is 2. The molecule has 164 valence electrons. The molecule has 6 heteroatoms. The van der Waals surface area contributed by atoms with E-state index in [0.29, 0.717) is 11.3 Å². The van der Waals surface area contributed by atoms with Crippen LogP contribution in [0.4, 0.5) is 0 Å². The molecule has 2 heterocycles. The van der Waals surface area contributed by atoms with Crippen LogP contribution >= 0.6 is 0 Å². The smallest absolute Gasteiger partial charge is 0.208 e. The fraction of sp³-hybridized carbons (Fsp3) is 0.826. The summed E-state index contributed by atoms with van der Waals surface area (Å²) in [6, 6.07) is 0. The Hall–Kier alpha value is -1.56. The molecule has 1 saturated carbocycles. The molecule has 1 aliphatic heterocycles. The topological polar surface area (TPSA) is 65.7 Å². The van der Waals surface area contributed by atoms with Crippen LogP contribution in [-0.4, -0.2) is 48.6 Å². The number of likely N-dealkylation sites (tertiary alicyclic amines) is 1. The average molecular weight is 404 g/mol. The van der Waals surface area contributed by atoms with Gasteiger partial charge in [0.25, 0.3) is 0 Å². The van der Waals surface area contributed by atoms with Crippen molar-refractivity contribution < 1.29 is 4.42 Å². The van der Waals surface area contributed by atoms with Crippen molar-refractivity contribution in [3.8, 4) is 0 Å². The van der Waals surface area contributed by atoms with Crippen LogP contribution in [0.15, 0.2) is 9.41 Å². The van der Waals surface area contributed by atoms with Crippen molar-refractivity contribution in [3.05, 3.63) is 17.3 Å². The van der Waals surface area contributed by atoms with Crippen LogP contribution in [0.3, 0.4) is 0 Å². The number of guanidine groups is 1. The second-order valence-corrected chi connectivity index (χ2v) is 9.11. The van der Waals surface area contributed by atoms with Gasteiger partial charge in [0.15, 0.2) is 5.96 Å². The van der Waals surface area contributed by atoms with Crippen molar-refractivity contribution in [2.24, 2.45) is 16.3 Å². The summed E-state index contributed by atoms with van der Waals surface area (Å²) in [4.78, 5) is 12.0. The molecular formula is C23H41N5O. The highest BCUT2D eigenvalue weighted by Gasteiger charge is 2.31. The van der Waals surface area contributed by atoms with E-state index in [0.717, 1.165) is 62.6 Å². The van der Waals surface area contributed by atoms with E-state index in [-0.39, 0.29) is 0 Å². The van der Waals surface area contributed by atoms with Gasteiger partial charge in [0.2, 0.25) is 5.89 Å². The zero-order valence-electron chi connectivity index (χ0n) is 19.0. The molecule has 1 aliphatic carbocycles. The van der Waals surface area contributed by atoms with Crippen molar-refractivity contribution >= 4 is 5.96 Å². The standard InChI is InChI=1S/C23H41N5O/c1-5-23(11-7-8-12-23)17-26-22(24-6-2)25-15-20-9-13-28(14-10-20)16-21-27-18(3)19(4)29-21/h20H,5-17H2,1-4H3,(H2,24,25,26). The van der Waals surface area contributed by atoms with Crippen molar-refractivity contribution in [2.75, 3.05) is 32.7 Å². The minimum Gasteiger partial charge on any atom is -0.444 e. The van der Waals surface area contributed by atoms with Gasteiger partial charge >= 0.3 is 0 Å². The van der Waals surface area contributed by atoms with E-state index in [4.69, 9.17) is 9.41 Å². The second-order valence-electron chi connectivity index (χ2n) is 9.11. The second kappa shape index (κ2) is 10.5. The first-order valence-electron chi connectivity index (χ1n) is 11.7. The molecule has 3 rings (SSSR count). The van der Waals surface area contributed by atoms with Gasteiger partial charge in [-0.3, -0.25) is 9.89 Å². The maximum absolute atomic E-state index is 5.75. The largest absolute Gasteiger partial charge is 0.444 e. The first kappa shape index (κ1) is 22.1. The molecule has 29 heavy (non-hydrogen) atoms. The predicted octanol–water partition coefficient (Wildman–Crippen LogP) is 4.03. The monoisotopic (exact) mass is 403 g/mol. The van der Waals surface area contributed by atoms with Gasteiger partial charge in [0.1, 0.15) is 5.76 Å². The highest BCUT2D eigenvalue weighted by molar-refractivity contribution is 5.79. The number of rotatable bonds is 8. The summed E-state index contributed by atoms with van der Waals surface area (Å²) >= 11 is 0. The van der Waals surface area contributed by atoms with E-state index >= 15 is 0 Å². The van der Waals surface area contributed by atoms with Crippen LogP contribution in [0.25, 0.3) is 0 Å². The van der Waals surface area contributed by atoms with Gasteiger partial charge < -0.3 is 15.1 Å². The van der Waals surface area contributed by atoms with Gasteiger partial charge in [0, 0.05) is 19.6 Å². The maximum Gasteiger partial charge on any atom is 0.208 e. The Kier molecular flexibility index (Phi) is 7.99. The van der Waals surface area contributed by atoms with E-state index in [1.807, 2.05) is 13.8 Å². The highest BCUT2D eigenvalue weighted by atomic mass is 16.4. The molecule has 0 bridgehead atoms. The summed E-state index contributed by atoms with van der Waals surface area (Å²) in [5.41, 5.74) is 1.46. The molecule has 0 spiro atoms. The van der Waals surface area contributed by atoms with Gasteiger partial charge in [-0.25, -0.2) is 4.98 Å². The first-order valence-corrected chi connectivity index (χ1v) is 11.7. The number of aliphatic imine (C=N–C) groups is 1. The van der Waals surface area contributed by atoms with Gasteiger partial charge in [-0.1, -0.05) is 19.8 Å². The van der Waals surface area contributed by atoms with Crippen molar-refractivity contribution in [2.45, 2.75) is 79.2 Å². The Balaban J connectivity index is 1.43. The Morgan fingerprint density at radius 2 is 1.90 bits per heavy atom. The number of aryl methyl sites for hydroxylation is 2. The first-order chi connectivity index (χ1) is 14.0. The third kappa shape index (κ3) is 6.21. The highest BCUT2D eigenvalue weighted by Crippen LogP contribution is 2.41. The predicted molar refractivity (Wildman–Crippen MR) is 119 cm³/mol. The van der Waals surface area contributed by atoms with Gasteiger partial charge in [0.05, 0.1) is 12.2 Å². The molecule has 0 radical (unpaired) electrons. The fourth-order valence-electron chi connectivity index (χ4n) is 4.72. The number of nitrogens with zero attached hydrogens (tertiary/aromatic N) is 3. The van der Waals surface area contributed by atoms with Crippen LogP contribution < -0.4 is 10.6 Å². The molecule has 1 aromatic rings. The Morgan fingerprint density at radius 1 is 1.17 bits per heavy atom. The quantitative estimate of drug-likeness (QED) is 0.507. The van der Waals surface area contributed by atoms with E-state index in [2.05, 4.69) is 34.4 Å². The maximum atomic E-state index is 5.75. The van der Waals surface area contributed by atoms with Crippen molar-refractivity contribution in [1.82, 2.24) is 20.5 Å². The zero-order chi connectivity index (χ0) is 20.7. The Labute approximate surface area is 176 Å². The number of aromatic nitrogens is 1. The summed E-state index contributed by atoms with van der Waals surface area (Å²) in [5.74, 6) is 3.50. The lowest BCUT2D eigenvalue weighted by Gasteiger charge is -2.31. The molecule has 1 aromatic heterocycles. The molecule has 1 saturated heterocycles. The molecule has 2 fully saturated rings. The zero-order valence-corrected chi connectivity index (χ0v) is 19.0. The lowest BCUT2D eigenvalue weighted by atomic mass is 9.84. The van der Waals surface area contributed by atoms with Gasteiger partial charge in [-0.2, -0.15) is 0 Å². The van der Waals surface area contributed by atoms with Gasteiger partial charge in [-0.15, -0.1) is 0 Å². The molecule has 0 aromatic carbocycles. The van der Waals surface area contributed by atoms with E-state index in [9.17, 15) is 0 Å². The number of hydrogen-bond acceptors (Lipinski definition) is 4. The third-order valence-corrected chi connectivity index (χ3v) is 7.03. The molecule has 2 N–H and O–H groups in total. The number of nitrogens with one attached hydrogen (secondary N) is 2. The molecule has 6 nitrogen and oxygen atoms in total. The summed E-state index contributed by atoms with van der Waals surface area (Å²) < 4.78 is 5.75. The molecular weight excluding hydrogens is 362 g/mol. The van der Waals surface area contributed by atoms with Crippen LogP contribution in [-0.2, 0) is 6.54 Å². The minimum absolute atomic E-state index is 0.449. The lowest BCUT2D eigenvalue weighted by Crippen LogP contribution is -2.43. The summed E-state index contributed by atoms with van der Waals surface area (Å²) in [7, 11) is 0. The molecule has 0 amide bonds. The minimum atomic E-state index is 0.449. The molecule has 0 atom stereocenters. The van der Waals surface area contributed by atoms with Crippen LogP contribution in [0.2, 0.25) is 0 Å². The summed E-state index contributed by atoms with van der Waals surface area (Å²) in [6.07, 6.45) is 9.10. The average Bonchev–Trinajstić information content (AvgIpc) is 3.32. The van der Waals surface area contributed by atoms with E-state index in [1.54, 1.807) is 0 Å². The molecule has 0 unspecified atom stereocenters. The Bertz CT molecular complexity index is 635. The van der Waals surface area contributed by atoms with Crippen LogP contribution in [0.1, 0.15) is 76.1 Å². The van der Waals surface area contributed by atoms with Gasteiger partial charge in [-0.05, 0) is 77.3 Å². The Morgan fingerprint density at radius 3 is 2.48 bits per heavy atom. The fourth-order valence-corrected chi connectivity index (χ4v) is 4.72. The summed E-state index contributed by atoms with van der Waals surface area (Å²) in [6.45, 7) is 14.4. The van der Waals surface area contributed by atoms with Crippen LogP contribution in [0, 0.1) is 25.2 Å². The van der Waals surface area contributed by atoms with E-state index in [1.165, 1.54) is 44.9 Å². The van der Waals surface area contributed by atoms with Crippen molar-refractivity contribution in [1.29, 1.82) is 0 Å². The third-order valence-electron chi connectivity index (χ3n) is 7.03. The lowest BCUT2D eigenvalue weighted by molar-refractivity contribution is 0.164. The normalized spacial score (nSPS) is 20.9. The van der Waals surface area contributed by atoms with E-state index < -0.39 is 0 Å². The number of piperidine rings is 1. The summed E-state index contributed by atoms with van der Waals surface area (Å²) in [5, 5.41) is 7.06. The van der Waals surface area contributed by atoms with Crippen LogP contribution in [0.5, 0.6) is 0 Å².